The van der Waals surface area contributed by atoms with E-state index in [2.05, 4.69) is 36.1 Å². The number of nitrogens with one attached hydrogen (secondary N) is 2. The fourth-order valence-electron chi connectivity index (χ4n) is 2.83. The van der Waals surface area contributed by atoms with E-state index in [1.54, 1.807) is 11.3 Å². The number of aromatic nitrogens is 4. The van der Waals surface area contributed by atoms with Gasteiger partial charge in [-0.1, -0.05) is 0 Å². The van der Waals surface area contributed by atoms with E-state index >= 15 is 0 Å². The van der Waals surface area contributed by atoms with E-state index in [1.165, 1.54) is 0 Å². The number of hydrogen-bond donors (Lipinski definition) is 2. The first kappa shape index (κ1) is 21.5. The summed E-state index contributed by atoms with van der Waals surface area (Å²) >= 11 is 1.63. The summed E-state index contributed by atoms with van der Waals surface area (Å²) in [5.41, 5.74) is 0.961. The van der Waals surface area contributed by atoms with Gasteiger partial charge in [-0.05, 0) is 6.92 Å². The number of ether oxygens (including phenoxy) is 1. The Morgan fingerprint density at radius 1 is 1.28 bits per heavy atom. The van der Waals surface area contributed by atoms with Crippen LogP contribution in [0.4, 0.5) is 5.13 Å². The quantitative estimate of drug-likeness (QED) is 0.462. The Hall–Kier alpha value is -2.24. The highest BCUT2D eigenvalue weighted by Gasteiger charge is 2.11. The molecule has 3 rings (SSSR count). The number of aliphatic imine (C=N–C) groups is 1. The van der Waals surface area contributed by atoms with Gasteiger partial charge in [-0.3, -0.25) is 4.90 Å². The highest BCUT2D eigenvalue weighted by Crippen LogP contribution is 2.18. The van der Waals surface area contributed by atoms with E-state index < -0.39 is 0 Å². The predicted molar refractivity (Wildman–Crippen MR) is 115 cm³/mol. The summed E-state index contributed by atoms with van der Waals surface area (Å²) in [6, 6.07) is 0. The van der Waals surface area contributed by atoms with Gasteiger partial charge in [0, 0.05) is 52.7 Å². The van der Waals surface area contributed by atoms with Crippen LogP contribution in [0, 0.1) is 6.92 Å². The van der Waals surface area contributed by atoms with Crippen LogP contribution in [0.2, 0.25) is 0 Å². The number of anilines is 1. The van der Waals surface area contributed by atoms with Crippen molar-refractivity contribution in [3.8, 4) is 0 Å². The standard InChI is InChI=1S/C18H31N9OS/c1-14-23-24-16(26(14)4)12-21-17(19-5-6-27-7-9-28-10-8-27)20-11-15-13-29-18(22-15)25(2)3/h13H,5-12H2,1-4H3,(H2,19,20,21). The zero-order valence-electron chi connectivity index (χ0n) is 17.7. The minimum atomic E-state index is 0.523. The van der Waals surface area contributed by atoms with Crippen LogP contribution in [0.5, 0.6) is 0 Å². The van der Waals surface area contributed by atoms with E-state index in [0.717, 1.165) is 67.8 Å². The summed E-state index contributed by atoms with van der Waals surface area (Å²) in [5.74, 6) is 2.51. The second kappa shape index (κ2) is 10.5. The molecule has 0 aromatic carbocycles. The number of morpholine rings is 1. The highest BCUT2D eigenvalue weighted by atomic mass is 32.1. The Morgan fingerprint density at radius 3 is 2.72 bits per heavy atom. The summed E-state index contributed by atoms with van der Waals surface area (Å²) in [6.45, 7) is 8.36. The molecule has 2 aromatic heterocycles. The molecule has 10 nitrogen and oxygen atoms in total. The molecule has 0 radical (unpaired) electrons. The molecule has 0 aliphatic carbocycles. The van der Waals surface area contributed by atoms with Gasteiger partial charge in [-0.2, -0.15) is 0 Å². The molecule has 2 aromatic rings. The Balaban J connectivity index is 1.58. The number of rotatable bonds is 8. The number of hydrogen-bond acceptors (Lipinski definition) is 8. The SMILES string of the molecule is Cc1nnc(CNC(=NCc2csc(N(C)C)n2)NCCN2CCOCC2)n1C. The average molecular weight is 422 g/mol. The molecule has 0 atom stereocenters. The van der Waals surface area contributed by atoms with Crippen molar-refractivity contribution in [2.75, 3.05) is 58.4 Å². The first-order valence-electron chi connectivity index (χ1n) is 9.82. The van der Waals surface area contributed by atoms with E-state index in [-0.39, 0.29) is 0 Å². The Morgan fingerprint density at radius 2 is 2.07 bits per heavy atom. The second-order valence-electron chi connectivity index (χ2n) is 7.14. The molecular weight excluding hydrogens is 390 g/mol. The van der Waals surface area contributed by atoms with Crippen molar-refractivity contribution < 1.29 is 4.74 Å². The van der Waals surface area contributed by atoms with Crippen LogP contribution < -0.4 is 15.5 Å². The Bertz CT molecular complexity index is 795. The molecule has 1 aliphatic heterocycles. The summed E-state index contributed by atoms with van der Waals surface area (Å²) < 4.78 is 7.39. The fraction of sp³-hybridized carbons (Fsp3) is 0.667. The van der Waals surface area contributed by atoms with Crippen molar-refractivity contribution in [3.05, 3.63) is 22.7 Å². The largest absolute Gasteiger partial charge is 0.379 e. The lowest BCUT2D eigenvalue weighted by molar-refractivity contribution is 0.0389. The number of aryl methyl sites for hydroxylation is 1. The van der Waals surface area contributed by atoms with Gasteiger partial charge in [0.05, 0.1) is 32.0 Å². The summed E-state index contributed by atoms with van der Waals surface area (Å²) in [7, 11) is 5.96. The first-order chi connectivity index (χ1) is 14.0. The lowest BCUT2D eigenvalue weighted by Gasteiger charge is -2.26. The third kappa shape index (κ3) is 6.38. The van der Waals surface area contributed by atoms with Crippen LogP contribution in [0.15, 0.2) is 10.4 Å². The van der Waals surface area contributed by atoms with Crippen molar-refractivity contribution in [3.63, 3.8) is 0 Å². The Labute approximate surface area is 176 Å². The molecule has 11 heteroatoms. The molecule has 0 spiro atoms. The fourth-order valence-corrected chi connectivity index (χ4v) is 3.58. The van der Waals surface area contributed by atoms with Gasteiger partial charge in [0.25, 0.3) is 0 Å². The summed E-state index contributed by atoms with van der Waals surface area (Å²) in [5, 5.41) is 18.2. The van der Waals surface area contributed by atoms with Crippen LogP contribution in [0.3, 0.4) is 0 Å². The number of guanidine groups is 1. The maximum absolute atomic E-state index is 5.41. The molecule has 3 heterocycles. The summed E-state index contributed by atoms with van der Waals surface area (Å²) in [4.78, 5) is 13.7. The molecule has 160 valence electrons. The minimum Gasteiger partial charge on any atom is -0.379 e. The van der Waals surface area contributed by atoms with Crippen molar-refractivity contribution >= 4 is 22.4 Å². The highest BCUT2D eigenvalue weighted by molar-refractivity contribution is 7.13. The molecule has 0 amide bonds. The van der Waals surface area contributed by atoms with Gasteiger partial charge in [0.1, 0.15) is 5.82 Å². The van der Waals surface area contributed by atoms with Gasteiger partial charge in [0.15, 0.2) is 16.9 Å². The normalized spacial score (nSPS) is 15.5. The second-order valence-corrected chi connectivity index (χ2v) is 7.97. The third-order valence-corrected chi connectivity index (χ3v) is 5.80. The van der Waals surface area contributed by atoms with Crippen molar-refractivity contribution in [2.24, 2.45) is 12.0 Å². The lowest BCUT2D eigenvalue weighted by Crippen LogP contribution is -2.44. The van der Waals surface area contributed by atoms with Crippen LogP contribution in [-0.4, -0.2) is 84.1 Å². The monoisotopic (exact) mass is 421 g/mol. The topological polar surface area (TPSA) is 95.7 Å². The van der Waals surface area contributed by atoms with Crippen LogP contribution in [-0.2, 0) is 24.9 Å². The van der Waals surface area contributed by atoms with E-state index in [9.17, 15) is 0 Å². The van der Waals surface area contributed by atoms with Gasteiger partial charge in [-0.15, -0.1) is 21.5 Å². The molecule has 2 N–H and O–H groups in total. The lowest BCUT2D eigenvalue weighted by atomic mass is 10.4. The molecule has 29 heavy (non-hydrogen) atoms. The van der Waals surface area contributed by atoms with Gasteiger partial charge >= 0.3 is 0 Å². The Kier molecular flexibility index (Phi) is 7.78. The predicted octanol–water partition coefficient (Wildman–Crippen LogP) is 0.214. The first-order valence-corrected chi connectivity index (χ1v) is 10.7. The van der Waals surface area contributed by atoms with Crippen LogP contribution in [0.25, 0.3) is 0 Å². The zero-order valence-corrected chi connectivity index (χ0v) is 18.5. The third-order valence-electron chi connectivity index (χ3n) is 4.74. The maximum Gasteiger partial charge on any atom is 0.192 e. The maximum atomic E-state index is 5.41. The molecule has 0 bridgehead atoms. The average Bonchev–Trinajstić information content (AvgIpc) is 3.32. The molecule has 0 unspecified atom stereocenters. The molecule has 1 fully saturated rings. The van der Waals surface area contributed by atoms with Crippen molar-refractivity contribution in [2.45, 2.75) is 20.0 Å². The van der Waals surface area contributed by atoms with Gasteiger partial charge in [0.2, 0.25) is 0 Å². The summed E-state index contributed by atoms with van der Waals surface area (Å²) in [6.07, 6.45) is 0. The smallest absolute Gasteiger partial charge is 0.192 e. The van der Waals surface area contributed by atoms with Crippen molar-refractivity contribution in [1.82, 2.24) is 35.3 Å². The van der Waals surface area contributed by atoms with Gasteiger partial charge < -0.3 is 24.8 Å². The van der Waals surface area contributed by atoms with Crippen LogP contribution in [0.1, 0.15) is 17.3 Å². The van der Waals surface area contributed by atoms with Crippen molar-refractivity contribution in [1.29, 1.82) is 0 Å². The van der Waals surface area contributed by atoms with Gasteiger partial charge in [-0.25, -0.2) is 9.98 Å². The molecule has 1 saturated heterocycles. The van der Waals surface area contributed by atoms with Crippen LogP contribution >= 0.6 is 11.3 Å². The van der Waals surface area contributed by atoms with E-state index in [0.29, 0.717) is 13.1 Å². The van der Waals surface area contributed by atoms with E-state index in [4.69, 9.17) is 9.73 Å². The molecular formula is C18H31N9OS. The zero-order chi connectivity index (χ0) is 20.6. The minimum absolute atomic E-state index is 0.523. The molecule has 0 saturated carbocycles. The number of thiazole rings is 1. The van der Waals surface area contributed by atoms with E-state index in [1.807, 2.05) is 37.5 Å². The number of nitrogens with zero attached hydrogens (tertiary/aromatic N) is 7. The molecule has 1 aliphatic rings.